The van der Waals surface area contributed by atoms with Crippen LogP contribution in [0.25, 0.3) is 0 Å². The standard InChI is InChI=1S/C15H28N2O2/c1-3-12-11-17(9-8-14(12)16-2)15(18)7-6-13-5-4-10-19-13/h12-14,16H,3-11H2,1-2H3. The molecule has 3 unspecified atom stereocenters. The van der Waals surface area contributed by atoms with E-state index >= 15 is 0 Å². The number of hydrogen-bond acceptors (Lipinski definition) is 3. The highest BCUT2D eigenvalue weighted by atomic mass is 16.5. The lowest BCUT2D eigenvalue weighted by Crippen LogP contribution is -2.50. The molecule has 0 aromatic rings. The smallest absolute Gasteiger partial charge is 0.222 e. The predicted molar refractivity (Wildman–Crippen MR) is 76.0 cm³/mol. The van der Waals surface area contributed by atoms with E-state index in [0.29, 0.717) is 30.4 Å². The van der Waals surface area contributed by atoms with E-state index in [-0.39, 0.29) is 0 Å². The van der Waals surface area contributed by atoms with Crippen LogP contribution in [0, 0.1) is 5.92 Å². The number of amides is 1. The Kier molecular flexibility index (Phi) is 5.64. The van der Waals surface area contributed by atoms with Crippen LogP contribution >= 0.6 is 0 Å². The van der Waals surface area contributed by atoms with Gasteiger partial charge in [-0.15, -0.1) is 0 Å². The van der Waals surface area contributed by atoms with Crippen molar-refractivity contribution in [2.75, 3.05) is 26.7 Å². The zero-order valence-electron chi connectivity index (χ0n) is 12.4. The van der Waals surface area contributed by atoms with E-state index in [1.54, 1.807) is 0 Å². The number of piperidine rings is 1. The molecule has 0 saturated carbocycles. The fourth-order valence-corrected chi connectivity index (χ4v) is 3.37. The normalized spacial score (nSPS) is 31.7. The summed E-state index contributed by atoms with van der Waals surface area (Å²) >= 11 is 0. The molecule has 0 aromatic heterocycles. The minimum Gasteiger partial charge on any atom is -0.378 e. The highest BCUT2D eigenvalue weighted by Gasteiger charge is 2.29. The molecule has 0 radical (unpaired) electrons. The average Bonchev–Trinajstić information content (AvgIpc) is 2.97. The summed E-state index contributed by atoms with van der Waals surface area (Å²) in [5.74, 6) is 0.925. The topological polar surface area (TPSA) is 41.6 Å². The SMILES string of the molecule is CCC1CN(C(=O)CCC2CCCO2)CCC1NC. The molecule has 1 amide bonds. The Labute approximate surface area is 116 Å². The highest BCUT2D eigenvalue weighted by Crippen LogP contribution is 2.22. The summed E-state index contributed by atoms with van der Waals surface area (Å²) in [5.41, 5.74) is 0. The Bertz CT molecular complexity index is 290. The van der Waals surface area contributed by atoms with Crippen molar-refractivity contribution in [1.82, 2.24) is 10.2 Å². The van der Waals surface area contributed by atoms with Crippen LogP contribution in [-0.4, -0.2) is 49.7 Å². The molecule has 4 nitrogen and oxygen atoms in total. The van der Waals surface area contributed by atoms with Crippen molar-refractivity contribution >= 4 is 5.91 Å². The van der Waals surface area contributed by atoms with E-state index in [1.165, 1.54) is 0 Å². The third-order valence-electron chi connectivity index (χ3n) is 4.69. The molecule has 110 valence electrons. The second-order valence-electron chi connectivity index (χ2n) is 5.87. The average molecular weight is 268 g/mol. The van der Waals surface area contributed by atoms with Crippen molar-refractivity contribution in [3.8, 4) is 0 Å². The molecule has 0 bridgehead atoms. The first-order valence-electron chi connectivity index (χ1n) is 7.81. The zero-order chi connectivity index (χ0) is 13.7. The highest BCUT2D eigenvalue weighted by molar-refractivity contribution is 5.76. The Morgan fingerprint density at radius 2 is 2.26 bits per heavy atom. The third-order valence-corrected chi connectivity index (χ3v) is 4.69. The molecule has 2 rings (SSSR count). The first-order valence-corrected chi connectivity index (χ1v) is 7.81. The first-order chi connectivity index (χ1) is 9.24. The van der Waals surface area contributed by atoms with Gasteiger partial charge < -0.3 is 15.0 Å². The second-order valence-corrected chi connectivity index (χ2v) is 5.87. The number of nitrogens with one attached hydrogen (secondary N) is 1. The van der Waals surface area contributed by atoms with Crippen LogP contribution in [-0.2, 0) is 9.53 Å². The predicted octanol–water partition coefficient (Wildman–Crippen LogP) is 1.79. The summed E-state index contributed by atoms with van der Waals surface area (Å²) in [5, 5.41) is 3.38. The molecule has 19 heavy (non-hydrogen) atoms. The maximum absolute atomic E-state index is 12.3. The Hall–Kier alpha value is -0.610. The van der Waals surface area contributed by atoms with E-state index in [9.17, 15) is 4.79 Å². The minimum atomic E-state index is 0.323. The van der Waals surface area contributed by atoms with Gasteiger partial charge in [0.2, 0.25) is 5.91 Å². The fourth-order valence-electron chi connectivity index (χ4n) is 3.37. The van der Waals surface area contributed by atoms with E-state index in [4.69, 9.17) is 4.74 Å². The quantitative estimate of drug-likeness (QED) is 0.826. The van der Waals surface area contributed by atoms with Gasteiger partial charge in [0.25, 0.3) is 0 Å². The van der Waals surface area contributed by atoms with Gasteiger partial charge >= 0.3 is 0 Å². The molecule has 0 spiro atoms. The summed E-state index contributed by atoms with van der Waals surface area (Å²) < 4.78 is 5.59. The number of rotatable bonds is 5. The molecule has 2 aliphatic rings. The fraction of sp³-hybridized carbons (Fsp3) is 0.933. The Morgan fingerprint density at radius 1 is 1.42 bits per heavy atom. The van der Waals surface area contributed by atoms with Gasteiger partial charge in [-0.1, -0.05) is 13.3 Å². The molecule has 2 aliphatic heterocycles. The van der Waals surface area contributed by atoms with Gasteiger partial charge in [0.15, 0.2) is 0 Å². The van der Waals surface area contributed by atoms with Gasteiger partial charge in [0, 0.05) is 32.2 Å². The molecule has 2 heterocycles. The van der Waals surface area contributed by atoms with Crippen LogP contribution in [0.15, 0.2) is 0 Å². The van der Waals surface area contributed by atoms with Crippen molar-refractivity contribution in [3.63, 3.8) is 0 Å². The van der Waals surface area contributed by atoms with Gasteiger partial charge in [-0.3, -0.25) is 4.79 Å². The summed E-state index contributed by atoms with van der Waals surface area (Å²) in [4.78, 5) is 14.3. The number of hydrogen-bond donors (Lipinski definition) is 1. The second kappa shape index (κ2) is 7.25. The van der Waals surface area contributed by atoms with E-state index in [1.807, 2.05) is 7.05 Å². The van der Waals surface area contributed by atoms with Crippen molar-refractivity contribution < 1.29 is 9.53 Å². The monoisotopic (exact) mass is 268 g/mol. The Balaban J connectivity index is 1.76. The number of carbonyl (C=O) groups excluding carboxylic acids is 1. The number of ether oxygens (including phenoxy) is 1. The van der Waals surface area contributed by atoms with Crippen LogP contribution in [0.1, 0.15) is 45.4 Å². The number of nitrogens with zero attached hydrogens (tertiary/aromatic N) is 1. The maximum atomic E-state index is 12.3. The van der Waals surface area contributed by atoms with Crippen LogP contribution < -0.4 is 5.32 Å². The van der Waals surface area contributed by atoms with E-state index < -0.39 is 0 Å². The molecule has 0 aromatic carbocycles. The summed E-state index contributed by atoms with van der Waals surface area (Å²) in [7, 11) is 2.03. The molecule has 2 fully saturated rings. The largest absolute Gasteiger partial charge is 0.378 e. The summed E-state index contributed by atoms with van der Waals surface area (Å²) in [6.07, 6.45) is 6.41. The maximum Gasteiger partial charge on any atom is 0.222 e. The van der Waals surface area contributed by atoms with Gasteiger partial charge in [-0.25, -0.2) is 0 Å². The van der Waals surface area contributed by atoms with Crippen LogP contribution in [0.5, 0.6) is 0 Å². The van der Waals surface area contributed by atoms with Crippen LogP contribution in [0.4, 0.5) is 0 Å². The lowest BCUT2D eigenvalue weighted by atomic mass is 9.90. The molecular formula is C15H28N2O2. The van der Waals surface area contributed by atoms with Gasteiger partial charge in [0.1, 0.15) is 0 Å². The summed E-state index contributed by atoms with van der Waals surface area (Å²) in [6, 6.07) is 0.576. The van der Waals surface area contributed by atoms with Crippen molar-refractivity contribution in [3.05, 3.63) is 0 Å². The lowest BCUT2D eigenvalue weighted by molar-refractivity contribution is -0.134. The molecule has 0 aliphatic carbocycles. The van der Waals surface area contributed by atoms with Crippen LogP contribution in [0.3, 0.4) is 0 Å². The zero-order valence-corrected chi connectivity index (χ0v) is 12.4. The third kappa shape index (κ3) is 3.93. The minimum absolute atomic E-state index is 0.323. The molecular weight excluding hydrogens is 240 g/mol. The van der Waals surface area contributed by atoms with Gasteiger partial charge in [-0.2, -0.15) is 0 Å². The van der Waals surface area contributed by atoms with Gasteiger partial charge in [0.05, 0.1) is 6.10 Å². The molecule has 4 heteroatoms. The van der Waals surface area contributed by atoms with Crippen molar-refractivity contribution in [1.29, 1.82) is 0 Å². The lowest BCUT2D eigenvalue weighted by Gasteiger charge is -2.38. The molecule has 1 N–H and O–H groups in total. The first kappa shape index (κ1) is 14.8. The number of carbonyl (C=O) groups is 1. The van der Waals surface area contributed by atoms with Crippen LogP contribution in [0.2, 0.25) is 0 Å². The van der Waals surface area contributed by atoms with E-state index in [0.717, 1.165) is 51.8 Å². The van der Waals surface area contributed by atoms with Crippen molar-refractivity contribution in [2.24, 2.45) is 5.92 Å². The van der Waals surface area contributed by atoms with Crippen molar-refractivity contribution in [2.45, 2.75) is 57.6 Å². The molecule has 3 atom stereocenters. The Morgan fingerprint density at radius 3 is 2.89 bits per heavy atom. The van der Waals surface area contributed by atoms with E-state index in [2.05, 4.69) is 17.1 Å². The summed E-state index contributed by atoms with van der Waals surface area (Å²) in [6.45, 7) is 4.93. The van der Waals surface area contributed by atoms with Gasteiger partial charge in [-0.05, 0) is 38.6 Å². The number of likely N-dealkylation sites (tertiary alicyclic amines) is 1. The molecule has 2 saturated heterocycles.